The Balaban J connectivity index is 1.96. The van der Waals surface area contributed by atoms with Crippen LogP contribution in [0.2, 0.25) is 0 Å². The predicted molar refractivity (Wildman–Crippen MR) is 57.6 cm³/mol. The molecule has 1 N–H and O–H groups in total. The van der Waals surface area contributed by atoms with E-state index in [0.717, 1.165) is 45.4 Å². The van der Waals surface area contributed by atoms with Crippen LogP contribution in [0, 0.1) is 5.41 Å². The molecule has 0 unspecified atom stereocenters. The standard InChI is InChI=1S/C11H20N2O2/c1-15-9-8-13-7-4-11(10(13)14)2-5-12-6-3-11/h12H,2-9H2,1H3. The summed E-state index contributed by atoms with van der Waals surface area (Å²) in [6.07, 6.45) is 3.06. The van der Waals surface area contributed by atoms with Crippen LogP contribution in [0.5, 0.6) is 0 Å². The minimum absolute atomic E-state index is 0.0288. The number of carbonyl (C=O) groups is 1. The molecule has 2 fully saturated rings. The van der Waals surface area contributed by atoms with Crippen LogP contribution in [0.15, 0.2) is 0 Å². The minimum atomic E-state index is -0.0288. The fourth-order valence-corrected chi connectivity index (χ4v) is 2.68. The first kappa shape index (κ1) is 10.9. The Labute approximate surface area is 91.0 Å². The smallest absolute Gasteiger partial charge is 0.229 e. The molecule has 2 saturated heterocycles. The van der Waals surface area contributed by atoms with E-state index in [1.165, 1.54) is 0 Å². The monoisotopic (exact) mass is 212 g/mol. The Hall–Kier alpha value is -0.610. The van der Waals surface area contributed by atoms with Crippen molar-refractivity contribution >= 4 is 5.91 Å². The van der Waals surface area contributed by atoms with Crippen molar-refractivity contribution in [2.75, 3.05) is 39.9 Å². The number of carbonyl (C=O) groups excluding carboxylic acids is 1. The van der Waals surface area contributed by atoms with Gasteiger partial charge in [-0.25, -0.2) is 0 Å². The van der Waals surface area contributed by atoms with Crippen molar-refractivity contribution in [1.82, 2.24) is 10.2 Å². The Bertz CT molecular complexity index is 237. The van der Waals surface area contributed by atoms with Crippen LogP contribution in [0.4, 0.5) is 0 Å². The zero-order chi connectivity index (χ0) is 10.7. The maximum Gasteiger partial charge on any atom is 0.229 e. The van der Waals surface area contributed by atoms with Gasteiger partial charge in [0.1, 0.15) is 0 Å². The molecule has 0 aliphatic carbocycles. The summed E-state index contributed by atoms with van der Waals surface area (Å²) in [7, 11) is 1.68. The molecule has 1 amide bonds. The molecule has 2 heterocycles. The van der Waals surface area contributed by atoms with Crippen LogP contribution in [0.25, 0.3) is 0 Å². The Morgan fingerprint density at radius 1 is 1.40 bits per heavy atom. The molecule has 0 atom stereocenters. The molecule has 15 heavy (non-hydrogen) atoms. The second-order valence-corrected chi connectivity index (χ2v) is 4.57. The van der Waals surface area contributed by atoms with Gasteiger partial charge in [-0.3, -0.25) is 4.79 Å². The van der Waals surface area contributed by atoms with Crippen molar-refractivity contribution in [3.05, 3.63) is 0 Å². The second-order valence-electron chi connectivity index (χ2n) is 4.57. The summed E-state index contributed by atoms with van der Waals surface area (Å²) in [6, 6.07) is 0. The number of piperidine rings is 1. The van der Waals surface area contributed by atoms with Gasteiger partial charge in [0.25, 0.3) is 0 Å². The molecule has 0 aromatic carbocycles. The summed E-state index contributed by atoms with van der Waals surface area (Å²) in [5.41, 5.74) is -0.0288. The molecule has 2 aliphatic heterocycles. The first-order valence-corrected chi connectivity index (χ1v) is 5.77. The SMILES string of the molecule is COCCN1CCC2(CCNCC2)C1=O. The molecule has 0 aromatic rings. The number of nitrogens with one attached hydrogen (secondary N) is 1. The van der Waals surface area contributed by atoms with E-state index < -0.39 is 0 Å². The third-order valence-corrected chi connectivity index (χ3v) is 3.73. The summed E-state index contributed by atoms with van der Waals surface area (Å²) < 4.78 is 5.02. The van der Waals surface area contributed by atoms with Crippen molar-refractivity contribution in [1.29, 1.82) is 0 Å². The van der Waals surface area contributed by atoms with Crippen LogP contribution in [-0.4, -0.2) is 50.7 Å². The van der Waals surface area contributed by atoms with Crippen LogP contribution >= 0.6 is 0 Å². The minimum Gasteiger partial charge on any atom is -0.383 e. The van der Waals surface area contributed by atoms with E-state index in [9.17, 15) is 4.79 Å². The van der Waals surface area contributed by atoms with Gasteiger partial charge < -0.3 is 15.0 Å². The van der Waals surface area contributed by atoms with Crippen LogP contribution in [0.3, 0.4) is 0 Å². The van der Waals surface area contributed by atoms with Crippen LogP contribution in [0.1, 0.15) is 19.3 Å². The van der Waals surface area contributed by atoms with Gasteiger partial charge in [-0.2, -0.15) is 0 Å². The Morgan fingerprint density at radius 2 is 2.13 bits per heavy atom. The van der Waals surface area contributed by atoms with Crippen molar-refractivity contribution in [3.63, 3.8) is 0 Å². The zero-order valence-electron chi connectivity index (χ0n) is 9.42. The second kappa shape index (κ2) is 4.49. The predicted octanol–water partition coefficient (Wildman–Crippen LogP) is 0.235. The molecule has 4 heteroatoms. The lowest BCUT2D eigenvalue weighted by molar-refractivity contribution is -0.137. The fourth-order valence-electron chi connectivity index (χ4n) is 2.68. The lowest BCUT2D eigenvalue weighted by Crippen LogP contribution is -2.43. The van der Waals surface area contributed by atoms with Crippen molar-refractivity contribution in [2.24, 2.45) is 5.41 Å². The summed E-state index contributed by atoms with van der Waals surface area (Å²) in [6.45, 7) is 4.31. The molecule has 1 spiro atoms. The van der Waals surface area contributed by atoms with E-state index in [2.05, 4.69) is 5.32 Å². The highest BCUT2D eigenvalue weighted by Crippen LogP contribution is 2.39. The Morgan fingerprint density at radius 3 is 2.80 bits per heavy atom. The first-order valence-electron chi connectivity index (χ1n) is 5.77. The fraction of sp³-hybridized carbons (Fsp3) is 0.909. The largest absolute Gasteiger partial charge is 0.383 e. The molecule has 2 rings (SSSR count). The number of hydrogen-bond donors (Lipinski definition) is 1. The quantitative estimate of drug-likeness (QED) is 0.728. The van der Waals surface area contributed by atoms with E-state index in [-0.39, 0.29) is 5.41 Å². The molecular formula is C11H20N2O2. The number of methoxy groups -OCH3 is 1. The molecule has 2 aliphatic rings. The maximum absolute atomic E-state index is 12.2. The van der Waals surface area contributed by atoms with Gasteiger partial charge in [-0.05, 0) is 32.4 Å². The van der Waals surface area contributed by atoms with Crippen molar-refractivity contribution < 1.29 is 9.53 Å². The van der Waals surface area contributed by atoms with Crippen molar-refractivity contribution in [3.8, 4) is 0 Å². The van der Waals surface area contributed by atoms with E-state index in [1.807, 2.05) is 4.90 Å². The van der Waals surface area contributed by atoms with Gasteiger partial charge >= 0.3 is 0 Å². The average molecular weight is 212 g/mol. The van der Waals surface area contributed by atoms with E-state index in [1.54, 1.807) is 7.11 Å². The number of ether oxygens (including phenoxy) is 1. The molecule has 0 aromatic heterocycles. The summed E-state index contributed by atoms with van der Waals surface area (Å²) >= 11 is 0. The highest BCUT2D eigenvalue weighted by Gasteiger charge is 2.46. The van der Waals surface area contributed by atoms with E-state index in [0.29, 0.717) is 12.5 Å². The molecular weight excluding hydrogens is 192 g/mol. The molecule has 0 bridgehead atoms. The molecule has 4 nitrogen and oxygen atoms in total. The van der Waals surface area contributed by atoms with E-state index in [4.69, 9.17) is 4.74 Å². The van der Waals surface area contributed by atoms with Crippen LogP contribution < -0.4 is 5.32 Å². The van der Waals surface area contributed by atoms with E-state index >= 15 is 0 Å². The number of nitrogens with zero attached hydrogens (tertiary/aromatic N) is 1. The highest BCUT2D eigenvalue weighted by molar-refractivity contribution is 5.85. The van der Waals surface area contributed by atoms with Crippen molar-refractivity contribution in [2.45, 2.75) is 19.3 Å². The van der Waals surface area contributed by atoms with Gasteiger partial charge in [-0.15, -0.1) is 0 Å². The normalized spacial score (nSPS) is 25.1. The Kier molecular flexibility index (Phi) is 3.26. The van der Waals surface area contributed by atoms with Crippen LogP contribution in [-0.2, 0) is 9.53 Å². The van der Waals surface area contributed by atoms with Gasteiger partial charge in [-0.1, -0.05) is 0 Å². The van der Waals surface area contributed by atoms with Gasteiger partial charge in [0.15, 0.2) is 0 Å². The summed E-state index contributed by atoms with van der Waals surface area (Å²) in [5, 5.41) is 3.32. The molecule has 0 radical (unpaired) electrons. The van der Waals surface area contributed by atoms with Gasteiger partial charge in [0, 0.05) is 20.2 Å². The number of rotatable bonds is 3. The summed E-state index contributed by atoms with van der Waals surface area (Å²) in [4.78, 5) is 14.2. The summed E-state index contributed by atoms with van der Waals surface area (Å²) in [5.74, 6) is 0.362. The maximum atomic E-state index is 12.2. The number of hydrogen-bond acceptors (Lipinski definition) is 3. The average Bonchev–Trinajstić information content (AvgIpc) is 2.56. The lowest BCUT2D eigenvalue weighted by atomic mass is 9.78. The zero-order valence-corrected chi connectivity index (χ0v) is 9.42. The molecule has 0 saturated carbocycles. The first-order chi connectivity index (χ1) is 7.28. The topological polar surface area (TPSA) is 41.6 Å². The van der Waals surface area contributed by atoms with Gasteiger partial charge in [0.05, 0.1) is 12.0 Å². The molecule has 86 valence electrons. The van der Waals surface area contributed by atoms with Gasteiger partial charge in [0.2, 0.25) is 5.91 Å². The number of likely N-dealkylation sites (tertiary alicyclic amines) is 1. The third kappa shape index (κ3) is 2.01. The highest BCUT2D eigenvalue weighted by atomic mass is 16.5. The third-order valence-electron chi connectivity index (χ3n) is 3.73. The number of amides is 1. The lowest BCUT2D eigenvalue weighted by Gasteiger charge is -2.32.